The van der Waals surface area contributed by atoms with Gasteiger partial charge in [0.15, 0.2) is 5.41 Å². The molecule has 0 saturated carbocycles. The second-order valence-corrected chi connectivity index (χ2v) is 13.3. The van der Waals surface area contributed by atoms with E-state index in [1.807, 2.05) is 6.08 Å². The highest BCUT2D eigenvalue weighted by Crippen LogP contribution is 2.44. The van der Waals surface area contributed by atoms with Gasteiger partial charge in [0.05, 0.1) is 20.0 Å². The summed E-state index contributed by atoms with van der Waals surface area (Å²) < 4.78 is 16.5. The van der Waals surface area contributed by atoms with Crippen LogP contribution in [0.3, 0.4) is 0 Å². The Bertz CT molecular complexity index is 630. The molecule has 0 spiro atoms. The molecule has 1 unspecified atom stereocenters. The maximum absolute atomic E-state index is 12.7. The molecule has 0 aliphatic heterocycles. The maximum Gasteiger partial charge on any atom is 0.324 e. The minimum atomic E-state index is -2.01. The van der Waals surface area contributed by atoms with Crippen molar-refractivity contribution < 1.29 is 23.5 Å². The van der Waals surface area contributed by atoms with Crippen molar-refractivity contribution in [1.82, 2.24) is 0 Å². The van der Waals surface area contributed by atoms with Gasteiger partial charge in [0.2, 0.25) is 8.32 Å². The van der Waals surface area contributed by atoms with E-state index in [0.717, 1.165) is 18.6 Å². The van der Waals surface area contributed by atoms with Gasteiger partial charge in [0, 0.05) is 18.8 Å². The lowest BCUT2D eigenvalue weighted by atomic mass is 9.69. The van der Waals surface area contributed by atoms with Crippen LogP contribution in [0.2, 0.25) is 18.1 Å². The molecule has 0 amide bonds. The molecule has 1 atom stereocenters. The van der Waals surface area contributed by atoms with Gasteiger partial charge in [-0.25, -0.2) is 0 Å². The van der Waals surface area contributed by atoms with E-state index in [1.54, 1.807) is 6.92 Å². The Labute approximate surface area is 165 Å². The van der Waals surface area contributed by atoms with Crippen molar-refractivity contribution in [2.24, 2.45) is 11.3 Å². The average molecular weight is 395 g/mol. The van der Waals surface area contributed by atoms with E-state index in [1.165, 1.54) is 14.2 Å². The summed E-state index contributed by atoms with van der Waals surface area (Å²) in [5.41, 5.74) is -1.46. The van der Waals surface area contributed by atoms with Crippen molar-refractivity contribution in [2.75, 3.05) is 14.2 Å². The van der Waals surface area contributed by atoms with Gasteiger partial charge in [-0.3, -0.25) is 9.59 Å². The molecular formula is C21H34O5Si. The van der Waals surface area contributed by atoms with Crippen LogP contribution < -0.4 is 0 Å². The first-order chi connectivity index (χ1) is 12.5. The van der Waals surface area contributed by atoms with Crippen LogP contribution in [0.1, 0.15) is 53.4 Å². The molecule has 5 nitrogen and oxygen atoms in total. The van der Waals surface area contributed by atoms with E-state index in [4.69, 9.17) is 13.9 Å². The number of methoxy groups -OCH3 is 2. The molecule has 27 heavy (non-hydrogen) atoms. The third-order valence-electron chi connectivity index (χ3n) is 5.79. The number of carbonyl (C=O) groups is 2. The van der Waals surface area contributed by atoms with Crippen LogP contribution in [0.5, 0.6) is 0 Å². The van der Waals surface area contributed by atoms with Crippen molar-refractivity contribution in [3.05, 3.63) is 11.8 Å². The standard InChI is InChI=1S/C21H34O5Si/c1-9-10-14-21(18(22)24-5,19(23)25-6)16-12-11-13-17(15-16)26-27(7,8)20(2,3)4/h15-16H,11-14H2,1-8H3. The van der Waals surface area contributed by atoms with Gasteiger partial charge >= 0.3 is 11.9 Å². The average Bonchev–Trinajstić information content (AvgIpc) is 2.60. The van der Waals surface area contributed by atoms with E-state index in [0.29, 0.717) is 6.42 Å². The summed E-state index contributed by atoms with van der Waals surface area (Å²) in [5, 5.41) is 0.0657. The predicted molar refractivity (Wildman–Crippen MR) is 108 cm³/mol. The lowest BCUT2D eigenvalue weighted by Crippen LogP contribution is -2.47. The summed E-state index contributed by atoms with van der Waals surface area (Å²) in [6.45, 7) is 12.6. The normalized spacial score (nSPS) is 17.9. The number of hydrogen-bond donors (Lipinski definition) is 0. The Morgan fingerprint density at radius 2 is 1.74 bits per heavy atom. The smallest absolute Gasteiger partial charge is 0.324 e. The Kier molecular flexibility index (Phi) is 7.73. The summed E-state index contributed by atoms with van der Waals surface area (Å²) in [4.78, 5) is 25.5. The van der Waals surface area contributed by atoms with Gasteiger partial charge < -0.3 is 13.9 Å². The van der Waals surface area contributed by atoms with Gasteiger partial charge in [-0.05, 0) is 44.0 Å². The zero-order chi connectivity index (χ0) is 20.9. The number of esters is 2. The quantitative estimate of drug-likeness (QED) is 0.288. The first-order valence-corrected chi connectivity index (χ1v) is 12.3. The lowest BCUT2D eigenvalue weighted by Gasteiger charge is -2.40. The van der Waals surface area contributed by atoms with Gasteiger partial charge in [0.25, 0.3) is 0 Å². The zero-order valence-corrected chi connectivity index (χ0v) is 19.0. The number of ether oxygens (including phenoxy) is 2. The summed E-state index contributed by atoms with van der Waals surface area (Å²) in [5.74, 6) is 4.95. The van der Waals surface area contributed by atoms with Crippen LogP contribution in [0.4, 0.5) is 0 Å². The van der Waals surface area contributed by atoms with Crippen molar-refractivity contribution >= 4 is 20.3 Å². The second kappa shape index (κ2) is 8.96. The van der Waals surface area contributed by atoms with Gasteiger partial charge in [0.1, 0.15) is 0 Å². The van der Waals surface area contributed by atoms with E-state index in [2.05, 4.69) is 45.7 Å². The molecule has 0 aromatic carbocycles. The number of carbonyl (C=O) groups excluding carboxylic acids is 2. The van der Waals surface area contributed by atoms with Crippen LogP contribution in [0.15, 0.2) is 11.8 Å². The van der Waals surface area contributed by atoms with Crippen LogP contribution in [0.25, 0.3) is 0 Å². The second-order valence-electron chi connectivity index (χ2n) is 8.55. The third-order valence-corrected chi connectivity index (χ3v) is 10.2. The SMILES string of the molecule is CC#CCC(C(=O)OC)(C(=O)OC)C1C=C(O[Si](C)(C)C(C)(C)C)CCC1. The largest absolute Gasteiger partial charge is 0.547 e. The van der Waals surface area contributed by atoms with Gasteiger partial charge in [-0.15, -0.1) is 11.8 Å². The minimum Gasteiger partial charge on any atom is -0.547 e. The fourth-order valence-corrected chi connectivity index (χ4v) is 4.23. The Morgan fingerprint density at radius 3 is 2.19 bits per heavy atom. The Balaban J connectivity index is 3.38. The topological polar surface area (TPSA) is 61.8 Å². The molecule has 1 rings (SSSR count). The van der Waals surface area contributed by atoms with Gasteiger partial charge in [-0.1, -0.05) is 20.8 Å². The molecule has 0 aromatic rings. The monoisotopic (exact) mass is 394 g/mol. The minimum absolute atomic E-state index is 0.0657. The molecule has 0 saturated heterocycles. The fourth-order valence-electron chi connectivity index (χ4n) is 3.10. The maximum atomic E-state index is 12.7. The first kappa shape index (κ1) is 23.3. The molecule has 0 fully saturated rings. The van der Waals surface area contributed by atoms with Crippen molar-refractivity contribution in [2.45, 2.75) is 71.5 Å². The van der Waals surface area contributed by atoms with Crippen molar-refractivity contribution in [3.63, 3.8) is 0 Å². The number of rotatable bonds is 6. The summed E-state index contributed by atoms with van der Waals surface area (Å²) in [6, 6.07) is 0. The molecule has 1 aliphatic rings. The third kappa shape index (κ3) is 4.95. The molecule has 0 N–H and O–H groups in total. The molecule has 6 heteroatoms. The van der Waals surface area contributed by atoms with E-state index in [-0.39, 0.29) is 17.4 Å². The lowest BCUT2D eigenvalue weighted by molar-refractivity contribution is -0.172. The van der Waals surface area contributed by atoms with E-state index < -0.39 is 25.7 Å². The molecule has 0 bridgehead atoms. The molecule has 0 heterocycles. The van der Waals surface area contributed by atoms with Crippen molar-refractivity contribution in [3.8, 4) is 11.8 Å². The summed E-state index contributed by atoms with van der Waals surface area (Å²) >= 11 is 0. The first-order valence-electron chi connectivity index (χ1n) is 9.42. The van der Waals surface area contributed by atoms with Crippen LogP contribution >= 0.6 is 0 Å². The van der Waals surface area contributed by atoms with Crippen molar-refractivity contribution in [1.29, 1.82) is 0 Å². The summed E-state index contributed by atoms with van der Waals surface area (Å²) in [6.07, 6.45) is 4.33. The highest BCUT2D eigenvalue weighted by atomic mass is 28.4. The van der Waals surface area contributed by atoms with Gasteiger partial charge in [-0.2, -0.15) is 0 Å². The highest BCUT2D eigenvalue weighted by Gasteiger charge is 2.54. The molecule has 152 valence electrons. The number of hydrogen-bond acceptors (Lipinski definition) is 5. The Hall–Kier alpha value is -1.74. The van der Waals surface area contributed by atoms with Crippen LogP contribution in [0, 0.1) is 23.2 Å². The van der Waals surface area contributed by atoms with E-state index in [9.17, 15) is 9.59 Å². The fraction of sp³-hybridized carbons (Fsp3) is 0.714. The summed E-state index contributed by atoms with van der Waals surface area (Å²) in [7, 11) is 0.575. The predicted octanol–water partition coefficient (Wildman–Crippen LogP) is 4.44. The van der Waals surface area contributed by atoms with Crippen LogP contribution in [-0.2, 0) is 23.5 Å². The highest BCUT2D eigenvalue weighted by molar-refractivity contribution is 6.74. The zero-order valence-electron chi connectivity index (χ0n) is 18.0. The molecule has 0 radical (unpaired) electrons. The van der Waals surface area contributed by atoms with Crippen LogP contribution in [-0.4, -0.2) is 34.5 Å². The molecule has 1 aliphatic carbocycles. The molecular weight excluding hydrogens is 360 g/mol. The van der Waals surface area contributed by atoms with E-state index >= 15 is 0 Å². The Morgan fingerprint density at radius 1 is 1.19 bits per heavy atom. The number of allylic oxidation sites excluding steroid dienone is 2. The molecule has 0 aromatic heterocycles.